The molecule has 4 amide bonds. The number of nitrogens with two attached hydrogens (primary N) is 2. The van der Waals surface area contributed by atoms with E-state index < -0.39 is 60.4 Å². The van der Waals surface area contributed by atoms with Gasteiger partial charge in [0.2, 0.25) is 23.6 Å². The van der Waals surface area contributed by atoms with Crippen molar-refractivity contribution in [3.05, 3.63) is 35.9 Å². The van der Waals surface area contributed by atoms with Crippen LogP contribution in [0, 0.1) is 5.92 Å². The highest BCUT2D eigenvalue weighted by molar-refractivity contribution is 5.94. The van der Waals surface area contributed by atoms with Crippen molar-refractivity contribution in [2.24, 2.45) is 17.4 Å². The summed E-state index contributed by atoms with van der Waals surface area (Å²) in [6, 6.07) is 3.90. The van der Waals surface area contributed by atoms with Crippen molar-refractivity contribution in [1.82, 2.24) is 16.0 Å². The van der Waals surface area contributed by atoms with Crippen LogP contribution in [0.5, 0.6) is 0 Å². The van der Waals surface area contributed by atoms with Crippen LogP contribution in [0.3, 0.4) is 0 Å². The van der Waals surface area contributed by atoms with Gasteiger partial charge in [0.1, 0.15) is 18.1 Å². The maximum Gasteiger partial charge on any atom is 0.326 e. The van der Waals surface area contributed by atoms with Crippen LogP contribution in [0.25, 0.3) is 0 Å². The number of nitrogens with one attached hydrogen (secondary N) is 3. The fourth-order valence-electron chi connectivity index (χ4n) is 3.12. The summed E-state index contributed by atoms with van der Waals surface area (Å²) in [7, 11) is 0. The minimum atomic E-state index is -1.50. The number of rotatable bonds is 15. The number of aliphatic carboxylic acids is 1. The fourth-order valence-corrected chi connectivity index (χ4v) is 3.12. The van der Waals surface area contributed by atoms with E-state index in [-0.39, 0.29) is 25.2 Å². The molecule has 5 unspecified atom stereocenters. The molecule has 0 aliphatic carbocycles. The van der Waals surface area contributed by atoms with Gasteiger partial charge in [-0.15, -0.1) is 0 Å². The Bertz CT molecular complexity index is 880. The number of carbonyl (C=O) groups excluding carboxylic acids is 4. The summed E-state index contributed by atoms with van der Waals surface area (Å²) in [5, 5.41) is 26.0. The van der Waals surface area contributed by atoms with Crippen LogP contribution >= 0.6 is 0 Å². The summed E-state index contributed by atoms with van der Waals surface area (Å²) in [6.07, 6.45) is 0.191. The molecule has 1 rings (SSSR count). The topological polar surface area (TPSA) is 214 Å². The molecule has 12 nitrogen and oxygen atoms in total. The molecule has 0 saturated carbocycles. The number of aliphatic hydroxyl groups excluding tert-OH is 1. The van der Waals surface area contributed by atoms with Crippen LogP contribution in [-0.4, -0.2) is 70.6 Å². The van der Waals surface area contributed by atoms with Gasteiger partial charge in [-0.05, 0) is 17.9 Å². The predicted molar refractivity (Wildman–Crippen MR) is 127 cm³/mol. The Labute approximate surface area is 203 Å². The van der Waals surface area contributed by atoms with Crippen LogP contribution in [0.15, 0.2) is 30.3 Å². The molecule has 9 N–H and O–H groups in total. The van der Waals surface area contributed by atoms with E-state index >= 15 is 0 Å². The molecule has 5 atom stereocenters. The van der Waals surface area contributed by atoms with E-state index in [1.807, 2.05) is 6.92 Å². The largest absolute Gasteiger partial charge is 0.480 e. The Hall–Kier alpha value is -3.51. The molecule has 0 aromatic heterocycles. The van der Waals surface area contributed by atoms with Gasteiger partial charge >= 0.3 is 5.97 Å². The van der Waals surface area contributed by atoms with E-state index in [1.54, 1.807) is 37.3 Å². The molecular formula is C23H35N5O7. The molecule has 0 fully saturated rings. The van der Waals surface area contributed by atoms with Crippen molar-refractivity contribution in [2.75, 3.05) is 6.61 Å². The third kappa shape index (κ3) is 10.1. The van der Waals surface area contributed by atoms with Crippen LogP contribution in [0.4, 0.5) is 0 Å². The molecule has 12 heteroatoms. The van der Waals surface area contributed by atoms with Crippen molar-refractivity contribution < 1.29 is 34.2 Å². The second kappa shape index (κ2) is 14.7. The van der Waals surface area contributed by atoms with Gasteiger partial charge in [-0.25, -0.2) is 4.79 Å². The Morgan fingerprint density at radius 3 is 1.97 bits per heavy atom. The lowest BCUT2D eigenvalue weighted by Crippen LogP contribution is -2.59. The van der Waals surface area contributed by atoms with Crippen LogP contribution in [0.2, 0.25) is 0 Å². The summed E-state index contributed by atoms with van der Waals surface area (Å²) in [5.41, 5.74) is 11.7. The normalized spacial score (nSPS) is 15.1. The predicted octanol–water partition coefficient (Wildman–Crippen LogP) is -1.60. The lowest BCUT2D eigenvalue weighted by Gasteiger charge is -2.25. The van der Waals surface area contributed by atoms with Crippen molar-refractivity contribution in [1.29, 1.82) is 0 Å². The van der Waals surface area contributed by atoms with Gasteiger partial charge in [0, 0.05) is 12.8 Å². The van der Waals surface area contributed by atoms with Gasteiger partial charge in [0.25, 0.3) is 0 Å². The smallest absolute Gasteiger partial charge is 0.326 e. The molecule has 0 saturated heterocycles. The molecule has 0 bridgehead atoms. The van der Waals surface area contributed by atoms with Gasteiger partial charge in [-0.3, -0.25) is 19.2 Å². The monoisotopic (exact) mass is 493 g/mol. The first kappa shape index (κ1) is 29.5. The second-order valence-corrected chi connectivity index (χ2v) is 8.31. The maximum atomic E-state index is 13.0. The number of carbonyl (C=O) groups is 5. The zero-order valence-corrected chi connectivity index (χ0v) is 19.9. The van der Waals surface area contributed by atoms with Gasteiger partial charge in [-0.1, -0.05) is 50.6 Å². The van der Waals surface area contributed by atoms with Crippen molar-refractivity contribution in [3.63, 3.8) is 0 Å². The Morgan fingerprint density at radius 2 is 1.46 bits per heavy atom. The quantitative estimate of drug-likeness (QED) is 0.151. The maximum absolute atomic E-state index is 13.0. The summed E-state index contributed by atoms with van der Waals surface area (Å²) in [5.74, 6) is -4.57. The zero-order chi connectivity index (χ0) is 26.5. The molecule has 0 spiro atoms. The van der Waals surface area contributed by atoms with E-state index in [0.29, 0.717) is 6.42 Å². The zero-order valence-electron chi connectivity index (χ0n) is 19.9. The Kier molecular flexibility index (Phi) is 12.4. The number of benzene rings is 1. The molecule has 0 heterocycles. The Balaban J connectivity index is 2.98. The highest BCUT2D eigenvalue weighted by atomic mass is 16.4. The van der Waals surface area contributed by atoms with E-state index in [1.165, 1.54) is 0 Å². The van der Waals surface area contributed by atoms with Gasteiger partial charge in [0.05, 0.1) is 12.6 Å². The Morgan fingerprint density at radius 1 is 0.914 bits per heavy atom. The third-order valence-corrected chi connectivity index (χ3v) is 5.58. The highest BCUT2D eigenvalue weighted by Crippen LogP contribution is 2.08. The van der Waals surface area contributed by atoms with E-state index in [9.17, 15) is 34.2 Å². The van der Waals surface area contributed by atoms with E-state index in [2.05, 4.69) is 16.0 Å². The third-order valence-electron chi connectivity index (χ3n) is 5.58. The van der Waals surface area contributed by atoms with Crippen LogP contribution in [-0.2, 0) is 30.4 Å². The number of amides is 4. The standard InChI is InChI=1S/C23H35N5O7/c1-3-13(2)19(25)22(33)27-16(11-14-7-5-4-6-8-14)20(31)28-17(12-29)21(32)26-15(23(34)35)9-10-18(24)30/h4-8,13,15-17,19,29H,3,9-12,25H2,1-2H3,(H2,24,30)(H,26,32)(H,27,33)(H,28,31)(H,34,35). The molecule has 194 valence electrons. The number of carboxylic acids is 1. The van der Waals surface area contributed by atoms with Crippen molar-refractivity contribution >= 4 is 29.6 Å². The summed E-state index contributed by atoms with van der Waals surface area (Å²) in [6.45, 7) is 2.85. The average Bonchev–Trinajstić information content (AvgIpc) is 2.83. The van der Waals surface area contributed by atoms with Crippen molar-refractivity contribution in [3.8, 4) is 0 Å². The van der Waals surface area contributed by atoms with E-state index in [0.717, 1.165) is 5.56 Å². The summed E-state index contributed by atoms with van der Waals surface area (Å²) >= 11 is 0. The SMILES string of the molecule is CCC(C)C(N)C(=O)NC(Cc1ccccc1)C(=O)NC(CO)C(=O)NC(CCC(N)=O)C(=O)O. The van der Waals surface area contributed by atoms with Crippen LogP contribution < -0.4 is 27.4 Å². The molecule has 0 radical (unpaired) electrons. The van der Waals surface area contributed by atoms with Gasteiger partial charge in [-0.2, -0.15) is 0 Å². The van der Waals surface area contributed by atoms with Crippen molar-refractivity contribution in [2.45, 2.75) is 63.7 Å². The number of aliphatic hydroxyl groups is 1. The molecule has 0 aliphatic rings. The average molecular weight is 494 g/mol. The number of hydrogen-bond donors (Lipinski definition) is 7. The number of carboxylic acid groups (broad SMARTS) is 1. The first-order valence-corrected chi connectivity index (χ1v) is 11.3. The second-order valence-electron chi connectivity index (χ2n) is 8.31. The molecular weight excluding hydrogens is 458 g/mol. The number of hydrogen-bond acceptors (Lipinski definition) is 7. The van der Waals surface area contributed by atoms with Gasteiger partial charge < -0.3 is 37.6 Å². The van der Waals surface area contributed by atoms with E-state index in [4.69, 9.17) is 11.5 Å². The first-order valence-electron chi connectivity index (χ1n) is 11.3. The molecule has 1 aromatic rings. The summed E-state index contributed by atoms with van der Waals surface area (Å²) in [4.78, 5) is 60.5. The lowest BCUT2D eigenvalue weighted by atomic mass is 9.98. The molecule has 0 aliphatic heterocycles. The van der Waals surface area contributed by atoms with Crippen LogP contribution in [0.1, 0.15) is 38.7 Å². The van der Waals surface area contributed by atoms with Gasteiger partial charge in [0.15, 0.2) is 0 Å². The summed E-state index contributed by atoms with van der Waals surface area (Å²) < 4.78 is 0. The highest BCUT2D eigenvalue weighted by Gasteiger charge is 2.31. The number of primary amides is 1. The minimum absolute atomic E-state index is 0.0851. The fraction of sp³-hybridized carbons (Fsp3) is 0.522. The minimum Gasteiger partial charge on any atom is -0.480 e. The molecule has 1 aromatic carbocycles. The lowest BCUT2D eigenvalue weighted by molar-refractivity contribution is -0.143. The first-order chi connectivity index (χ1) is 16.5. The molecule has 35 heavy (non-hydrogen) atoms.